The van der Waals surface area contributed by atoms with Gasteiger partial charge in [0.25, 0.3) is 0 Å². The predicted octanol–water partition coefficient (Wildman–Crippen LogP) is 1.24. The smallest absolute Gasteiger partial charge is 0.124 e. The first-order chi connectivity index (χ1) is 5.99. The molecule has 0 aliphatic rings. The molecule has 0 saturated heterocycles. The van der Waals surface area contributed by atoms with Gasteiger partial charge in [-0.05, 0) is 20.8 Å². The van der Waals surface area contributed by atoms with Gasteiger partial charge in [0.15, 0.2) is 0 Å². The van der Waals surface area contributed by atoms with Gasteiger partial charge in [-0.2, -0.15) is 5.48 Å². The van der Waals surface area contributed by atoms with Gasteiger partial charge in [0.05, 0.1) is 12.1 Å². The lowest BCUT2D eigenvalue weighted by Gasteiger charge is -2.19. The van der Waals surface area contributed by atoms with Gasteiger partial charge in [0, 0.05) is 19.4 Å². The first kappa shape index (κ1) is 10.2. The zero-order chi connectivity index (χ0) is 9.90. The van der Waals surface area contributed by atoms with Crippen molar-refractivity contribution >= 4 is 0 Å². The summed E-state index contributed by atoms with van der Waals surface area (Å²) in [5.74, 6) is 0.962. The number of hydrogen-bond donors (Lipinski definition) is 1. The Kier molecular flexibility index (Phi) is 3.06. The minimum absolute atomic E-state index is 0.162. The number of nitrogens with zero attached hydrogens (tertiary/aromatic N) is 2. The highest BCUT2D eigenvalue weighted by Gasteiger charge is 2.10. The Labute approximate surface area is 78.9 Å². The van der Waals surface area contributed by atoms with E-state index >= 15 is 0 Å². The van der Waals surface area contributed by atoms with Crippen LogP contribution in [0.3, 0.4) is 0 Å². The molecule has 0 radical (unpaired) electrons. The van der Waals surface area contributed by atoms with Crippen molar-refractivity contribution in [2.75, 3.05) is 0 Å². The first-order valence-corrected chi connectivity index (χ1v) is 4.36. The maximum absolute atomic E-state index is 5.35. The second kappa shape index (κ2) is 3.89. The topological polar surface area (TPSA) is 39.1 Å². The van der Waals surface area contributed by atoms with Crippen LogP contribution in [0.25, 0.3) is 0 Å². The molecule has 1 rings (SSSR count). The number of aryl methyl sites for hydroxylation is 1. The van der Waals surface area contributed by atoms with Gasteiger partial charge in [-0.25, -0.2) is 4.98 Å². The molecule has 74 valence electrons. The lowest BCUT2D eigenvalue weighted by atomic mass is 10.2. The maximum atomic E-state index is 5.35. The Bertz CT molecular complexity index is 262. The van der Waals surface area contributed by atoms with Crippen LogP contribution in [0.1, 0.15) is 26.6 Å². The van der Waals surface area contributed by atoms with E-state index in [1.807, 2.05) is 38.6 Å². The molecule has 1 aromatic rings. The Morgan fingerprint density at radius 1 is 1.54 bits per heavy atom. The minimum Gasteiger partial charge on any atom is -0.337 e. The molecular formula is C9H17N3O. The van der Waals surface area contributed by atoms with Crippen LogP contribution in [0.5, 0.6) is 0 Å². The third-order valence-corrected chi connectivity index (χ3v) is 1.53. The molecule has 0 unspecified atom stereocenters. The van der Waals surface area contributed by atoms with E-state index in [0.29, 0.717) is 6.54 Å². The van der Waals surface area contributed by atoms with Crippen LogP contribution < -0.4 is 5.48 Å². The quantitative estimate of drug-likeness (QED) is 0.717. The van der Waals surface area contributed by atoms with Gasteiger partial charge < -0.3 is 4.57 Å². The van der Waals surface area contributed by atoms with Crippen LogP contribution in [0.2, 0.25) is 0 Å². The Hall–Kier alpha value is -0.870. The minimum atomic E-state index is -0.162. The van der Waals surface area contributed by atoms with Crippen molar-refractivity contribution in [1.29, 1.82) is 0 Å². The van der Waals surface area contributed by atoms with Crippen LogP contribution >= 0.6 is 0 Å². The molecule has 1 heterocycles. The van der Waals surface area contributed by atoms with Crippen LogP contribution in [0.4, 0.5) is 0 Å². The van der Waals surface area contributed by atoms with Crippen molar-refractivity contribution in [3.8, 4) is 0 Å². The van der Waals surface area contributed by atoms with E-state index in [2.05, 4.69) is 10.5 Å². The van der Waals surface area contributed by atoms with Crippen LogP contribution in [-0.2, 0) is 18.4 Å². The highest BCUT2D eigenvalue weighted by Crippen LogP contribution is 2.04. The summed E-state index contributed by atoms with van der Waals surface area (Å²) in [5.41, 5.74) is 2.72. The fourth-order valence-electron chi connectivity index (χ4n) is 0.884. The molecule has 0 bridgehead atoms. The SMILES string of the molecule is Cn1ccnc1CNOC(C)(C)C. The Balaban J connectivity index is 2.32. The van der Waals surface area contributed by atoms with Gasteiger partial charge in [0.1, 0.15) is 5.82 Å². The summed E-state index contributed by atoms with van der Waals surface area (Å²) in [4.78, 5) is 9.51. The first-order valence-electron chi connectivity index (χ1n) is 4.36. The summed E-state index contributed by atoms with van der Waals surface area (Å²) in [7, 11) is 1.96. The van der Waals surface area contributed by atoms with Crippen molar-refractivity contribution in [2.45, 2.75) is 32.9 Å². The van der Waals surface area contributed by atoms with E-state index in [9.17, 15) is 0 Å². The summed E-state index contributed by atoms with van der Waals surface area (Å²) in [6.07, 6.45) is 3.68. The largest absolute Gasteiger partial charge is 0.337 e. The second-order valence-electron chi connectivity index (χ2n) is 3.99. The Morgan fingerprint density at radius 3 is 2.69 bits per heavy atom. The van der Waals surface area contributed by atoms with Crippen LogP contribution in [0, 0.1) is 0 Å². The van der Waals surface area contributed by atoms with Crippen molar-refractivity contribution in [3.05, 3.63) is 18.2 Å². The molecule has 0 spiro atoms. The molecule has 0 aliphatic carbocycles. The maximum Gasteiger partial charge on any atom is 0.124 e. The van der Waals surface area contributed by atoms with E-state index in [1.54, 1.807) is 6.20 Å². The van der Waals surface area contributed by atoms with Gasteiger partial charge in [-0.15, -0.1) is 0 Å². The molecule has 13 heavy (non-hydrogen) atoms. The van der Waals surface area contributed by atoms with Crippen LogP contribution in [0.15, 0.2) is 12.4 Å². The lowest BCUT2D eigenvalue weighted by molar-refractivity contribution is -0.0767. The number of rotatable bonds is 3. The number of imidazole rings is 1. The van der Waals surface area contributed by atoms with E-state index in [0.717, 1.165) is 5.82 Å². The molecule has 1 aromatic heterocycles. The summed E-state index contributed by atoms with van der Waals surface area (Å²) in [6, 6.07) is 0. The van der Waals surface area contributed by atoms with Crippen molar-refractivity contribution in [2.24, 2.45) is 7.05 Å². The monoisotopic (exact) mass is 183 g/mol. The van der Waals surface area contributed by atoms with Crippen molar-refractivity contribution < 1.29 is 4.84 Å². The van der Waals surface area contributed by atoms with Gasteiger partial charge >= 0.3 is 0 Å². The number of hydroxylamine groups is 1. The summed E-state index contributed by atoms with van der Waals surface area (Å²) < 4.78 is 1.96. The molecule has 1 N–H and O–H groups in total. The van der Waals surface area contributed by atoms with Gasteiger partial charge in [-0.3, -0.25) is 4.84 Å². The van der Waals surface area contributed by atoms with Gasteiger partial charge in [0.2, 0.25) is 0 Å². The number of aromatic nitrogens is 2. The Morgan fingerprint density at radius 2 is 2.23 bits per heavy atom. The predicted molar refractivity (Wildman–Crippen MR) is 50.9 cm³/mol. The standard InChI is InChI=1S/C9H17N3O/c1-9(2,3)13-11-7-8-10-5-6-12(8)4/h5-6,11H,7H2,1-4H3. The molecule has 0 amide bonds. The summed E-state index contributed by atoms with van der Waals surface area (Å²) in [6.45, 7) is 6.62. The number of nitrogens with one attached hydrogen (secondary N) is 1. The zero-order valence-electron chi connectivity index (χ0n) is 8.66. The molecule has 4 heteroatoms. The van der Waals surface area contributed by atoms with Crippen molar-refractivity contribution in [1.82, 2.24) is 15.0 Å². The normalized spacial score (nSPS) is 12.0. The van der Waals surface area contributed by atoms with E-state index in [4.69, 9.17) is 4.84 Å². The molecular weight excluding hydrogens is 166 g/mol. The molecule has 0 aliphatic heterocycles. The van der Waals surface area contributed by atoms with Crippen LogP contribution in [-0.4, -0.2) is 15.2 Å². The third kappa shape index (κ3) is 3.57. The van der Waals surface area contributed by atoms with E-state index in [1.165, 1.54) is 0 Å². The summed E-state index contributed by atoms with van der Waals surface area (Å²) >= 11 is 0. The lowest BCUT2D eigenvalue weighted by Crippen LogP contribution is -2.29. The molecule has 4 nitrogen and oxygen atoms in total. The molecule has 0 atom stereocenters. The molecule has 0 saturated carbocycles. The highest BCUT2D eigenvalue weighted by molar-refractivity contribution is 4.89. The van der Waals surface area contributed by atoms with E-state index in [-0.39, 0.29) is 5.60 Å². The van der Waals surface area contributed by atoms with Gasteiger partial charge in [-0.1, -0.05) is 0 Å². The fraction of sp³-hybridized carbons (Fsp3) is 0.667. The second-order valence-corrected chi connectivity index (χ2v) is 3.99. The fourth-order valence-corrected chi connectivity index (χ4v) is 0.884. The average Bonchev–Trinajstić information content (AvgIpc) is 2.34. The number of hydrogen-bond acceptors (Lipinski definition) is 3. The third-order valence-electron chi connectivity index (χ3n) is 1.53. The molecule has 0 fully saturated rings. The summed E-state index contributed by atoms with van der Waals surface area (Å²) in [5, 5.41) is 0. The molecule has 0 aromatic carbocycles. The zero-order valence-corrected chi connectivity index (χ0v) is 8.66. The van der Waals surface area contributed by atoms with Crippen molar-refractivity contribution in [3.63, 3.8) is 0 Å². The average molecular weight is 183 g/mol. The van der Waals surface area contributed by atoms with E-state index < -0.39 is 0 Å². The highest BCUT2D eigenvalue weighted by atomic mass is 16.7.